The highest BCUT2D eigenvalue weighted by atomic mass is 35.5. The molecule has 0 atom stereocenters. The Morgan fingerprint density at radius 3 is 2.52 bits per heavy atom. The van der Waals surface area contributed by atoms with Crippen LogP contribution in [-0.4, -0.2) is 22.4 Å². The van der Waals surface area contributed by atoms with Crippen molar-refractivity contribution in [2.45, 2.75) is 6.42 Å². The molecule has 3 aromatic rings. The Morgan fingerprint density at radius 1 is 1.00 bits per heavy atom. The summed E-state index contributed by atoms with van der Waals surface area (Å²) in [6, 6.07) is 18.7. The van der Waals surface area contributed by atoms with E-state index < -0.39 is 0 Å². The summed E-state index contributed by atoms with van der Waals surface area (Å²) in [6.45, 7) is 0.721. The van der Waals surface area contributed by atoms with Crippen LogP contribution in [0.2, 0.25) is 5.02 Å². The van der Waals surface area contributed by atoms with Crippen molar-refractivity contribution >= 4 is 29.0 Å². The van der Waals surface area contributed by atoms with Crippen LogP contribution < -0.4 is 10.6 Å². The van der Waals surface area contributed by atoms with Crippen molar-refractivity contribution < 1.29 is 4.79 Å². The fourth-order valence-corrected chi connectivity index (χ4v) is 2.41. The highest BCUT2D eigenvalue weighted by Crippen LogP contribution is 2.14. The van der Waals surface area contributed by atoms with Gasteiger partial charge in [0, 0.05) is 23.3 Å². The summed E-state index contributed by atoms with van der Waals surface area (Å²) >= 11 is 5.84. The largest absolute Gasteiger partial charge is 0.370 e. The Morgan fingerprint density at radius 2 is 1.76 bits per heavy atom. The lowest BCUT2D eigenvalue weighted by Crippen LogP contribution is -2.15. The van der Waals surface area contributed by atoms with Gasteiger partial charge in [-0.05, 0) is 36.2 Å². The van der Waals surface area contributed by atoms with Gasteiger partial charge in [0.1, 0.15) is 17.8 Å². The maximum Gasteiger partial charge on any atom is 0.274 e. The van der Waals surface area contributed by atoms with E-state index in [1.54, 1.807) is 30.3 Å². The van der Waals surface area contributed by atoms with Gasteiger partial charge in [-0.15, -0.1) is 0 Å². The number of amides is 1. The van der Waals surface area contributed by atoms with Crippen LogP contribution in [0.1, 0.15) is 16.1 Å². The van der Waals surface area contributed by atoms with Crippen LogP contribution in [-0.2, 0) is 6.42 Å². The second-order valence-electron chi connectivity index (χ2n) is 5.41. The number of anilines is 2. The minimum atomic E-state index is -0.296. The molecule has 6 heteroatoms. The van der Waals surface area contributed by atoms with E-state index in [2.05, 4.69) is 32.7 Å². The van der Waals surface area contributed by atoms with Crippen LogP contribution in [0.4, 0.5) is 11.5 Å². The van der Waals surface area contributed by atoms with E-state index >= 15 is 0 Å². The van der Waals surface area contributed by atoms with E-state index in [0.717, 1.165) is 13.0 Å². The van der Waals surface area contributed by atoms with Crippen molar-refractivity contribution in [3.8, 4) is 0 Å². The molecule has 3 rings (SSSR count). The van der Waals surface area contributed by atoms with Crippen molar-refractivity contribution in [2.24, 2.45) is 0 Å². The first-order valence-electron chi connectivity index (χ1n) is 7.87. The Balaban J connectivity index is 1.58. The fourth-order valence-electron chi connectivity index (χ4n) is 2.29. The zero-order chi connectivity index (χ0) is 17.5. The van der Waals surface area contributed by atoms with Crippen molar-refractivity contribution in [1.29, 1.82) is 0 Å². The molecule has 0 spiro atoms. The number of carbonyl (C=O) groups excluding carboxylic acids is 1. The Labute approximate surface area is 151 Å². The molecule has 0 saturated carbocycles. The van der Waals surface area contributed by atoms with Gasteiger partial charge in [0.25, 0.3) is 5.91 Å². The normalized spacial score (nSPS) is 10.3. The Kier molecular flexibility index (Phi) is 5.59. The molecule has 0 bridgehead atoms. The van der Waals surface area contributed by atoms with Gasteiger partial charge in [-0.3, -0.25) is 4.79 Å². The zero-order valence-electron chi connectivity index (χ0n) is 13.4. The smallest absolute Gasteiger partial charge is 0.274 e. The molecule has 1 aromatic heterocycles. The molecule has 1 heterocycles. The van der Waals surface area contributed by atoms with Gasteiger partial charge < -0.3 is 10.6 Å². The number of benzene rings is 2. The average Bonchev–Trinajstić information content (AvgIpc) is 2.65. The predicted octanol–water partition coefficient (Wildman–Crippen LogP) is 4.04. The standard InChI is InChI=1S/C19H17ClN4O/c20-15-6-8-16(9-7-15)24-19(25)17-12-18(23-13-22-17)21-11-10-14-4-2-1-3-5-14/h1-9,12-13H,10-11H2,(H,24,25)(H,21,22,23). The first kappa shape index (κ1) is 16.9. The number of rotatable bonds is 6. The van der Waals surface area contributed by atoms with E-state index in [-0.39, 0.29) is 5.91 Å². The lowest BCUT2D eigenvalue weighted by molar-refractivity contribution is 0.102. The third kappa shape index (κ3) is 5.02. The third-order valence-electron chi connectivity index (χ3n) is 3.56. The van der Waals surface area contributed by atoms with Crippen molar-refractivity contribution in [3.63, 3.8) is 0 Å². The van der Waals surface area contributed by atoms with Gasteiger partial charge >= 0.3 is 0 Å². The number of hydrogen-bond acceptors (Lipinski definition) is 4. The number of hydrogen-bond donors (Lipinski definition) is 2. The molecule has 5 nitrogen and oxygen atoms in total. The molecule has 0 aliphatic carbocycles. The van der Waals surface area contributed by atoms with Gasteiger partial charge in [-0.2, -0.15) is 0 Å². The lowest BCUT2D eigenvalue weighted by atomic mass is 10.1. The Bertz CT molecular complexity index is 838. The van der Waals surface area contributed by atoms with Crippen LogP contribution in [0.15, 0.2) is 67.0 Å². The molecule has 0 aliphatic rings. The number of aromatic nitrogens is 2. The second kappa shape index (κ2) is 8.26. The minimum absolute atomic E-state index is 0.296. The molecule has 0 aliphatic heterocycles. The summed E-state index contributed by atoms with van der Waals surface area (Å²) in [5.74, 6) is 0.322. The molecule has 2 N–H and O–H groups in total. The van der Waals surface area contributed by atoms with Crippen molar-refractivity contribution in [1.82, 2.24) is 9.97 Å². The number of halogens is 1. The number of nitrogens with one attached hydrogen (secondary N) is 2. The summed E-state index contributed by atoms with van der Waals surface area (Å²) in [7, 11) is 0. The first-order chi connectivity index (χ1) is 12.2. The van der Waals surface area contributed by atoms with Gasteiger partial charge in [0.15, 0.2) is 0 Å². The fraction of sp³-hybridized carbons (Fsp3) is 0.105. The van der Waals surface area contributed by atoms with E-state index in [9.17, 15) is 4.79 Å². The molecular formula is C19H17ClN4O. The summed E-state index contributed by atoms with van der Waals surface area (Å²) in [4.78, 5) is 20.5. The quantitative estimate of drug-likeness (QED) is 0.702. The van der Waals surface area contributed by atoms with E-state index in [1.807, 2.05) is 18.2 Å². The highest BCUT2D eigenvalue weighted by molar-refractivity contribution is 6.30. The molecule has 0 unspecified atom stereocenters. The van der Waals surface area contributed by atoms with E-state index in [4.69, 9.17) is 11.6 Å². The van der Waals surface area contributed by atoms with E-state index in [1.165, 1.54) is 11.9 Å². The summed E-state index contributed by atoms with van der Waals surface area (Å²) < 4.78 is 0. The summed E-state index contributed by atoms with van der Waals surface area (Å²) in [5, 5.41) is 6.61. The van der Waals surface area contributed by atoms with Gasteiger partial charge in [-0.1, -0.05) is 41.9 Å². The summed E-state index contributed by atoms with van der Waals surface area (Å²) in [6.07, 6.45) is 2.25. The molecule has 0 fully saturated rings. The van der Waals surface area contributed by atoms with Gasteiger partial charge in [0.2, 0.25) is 0 Å². The predicted molar refractivity (Wildman–Crippen MR) is 100 cm³/mol. The first-order valence-corrected chi connectivity index (χ1v) is 8.25. The lowest BCUT2D eigenvalue weighted by Gasteiger charge is -2.08. The van der Waals surface area contributed by atoms with Gasteiger partial charge in [-0.25, -0.2) is 9.97 Å². The van der Waals surface area contributed by atoms with Crippen LogP contribution in [0.5, 0.6) is 0 Å². The summed E-state index contributed by atoms with van der Waals surface area (Å²) in [5.41, 5.74) is 2.20. The average molecular weight is 353 g/mol. The Hall–Kier alpha value is -2.92. The maximum atomic E-state index is 12.3. The van der Waals surface area contributed by atoms with Crippen molar-refractivity contribution in [3.05, 3.63) is 83.3 Å². The number of carbonyl (C=O) groups is 1. The SMILES string of the molecule is O=C(Nc1ccc(Cl)cc1)c1cc(NCCc2ccccc2)ncn1. The van der Waals surface area contributed by atoms with Crippen LogP contribution in [0.3, 0.4) is 0 Å². The molecule has 0 radical (unpaired) electrons. The minimum Gasteiger partial charge on any atom is -0.370 e. The molecule has 2 aromatic carbocycles. The highest BCUT2D eigenvalue weighted by Gasteiger charge is 2.09. The maximum absolute atomic E-state index is 12.3. The zero-order valence-corrected chi connectivity index (χ0v) is 14.2. The second-order valence-corrected chi connectivity index (χ2v) is 5.85. The van der Waals surface area contributed by atoms with Crippen LogP contribution in [0.25, 0.3) is 0 Å². The molecule has 126 valence electrons. The van der Waals surface area contributed by atoms with Gasteiger partial charge in [0.05, 0.1) is 0 Å². The molecular weight excluding hydrogens is 336 g/mol. The molecule has 0 saturated heterocycles. The topological polar surface area (TPSA) is 66.9 Å². The van der Waals surface area contributed by atoms with E-state index in [0.29, 0.717) is 22.2 Å². The number of nitrogens with zero attached hydrogens (tertiary/aromatic N) is 2. The van der Waals surface area contributed by atoms with Crippen LogP contribution in [0, 0.1) is 0 Å². The third-order valence-corrected chi connectivity index (χ3v) is 3.82. The van der Waals surface area contributed by atoms with Crippen molar-refractivity contribution in [2.75, 3.05) is 17.2 Å². The monoisotopic (exact) mass is 352 g/mol. The molecule has 25 heavy (non-hydrogen) atoms. The molecule has 1 amide bonds. The van der Waals surface area contributed by atoms with Crippen LogP contribution >= 0.6 is 11.6 Å².